The van der Waals surface area contributed by atoms with E-state index in [0.29, 0.717) is 6.54 Å². The average molecular weight is 158 g/mol. The van der Waals surface area contributed by atoms with Crippen LogP contribution in [0.5, 0.6) is 0 Å². The molecule has 0 aliphatic heterocycles. The van der Waals surface area contributed by atoms with E-state index in [-0.39, 0.29) is 17.7 Å². The van der Waals surface area contributed by atoms with Crippen LogP contribution in [0, 0.1) is 5.92 Å². The van der Waals surface area contributed by atoms with Crippen molar-refractivity contribution >= 4 is 5.78 Å². The van der Waals surface area contributed by atoms with Crippen molar-refractivity contribution < 1.29 is 4.79 Å². The van der Waals surface area contributed by atoms with E-state index >= 15 is 0 Å². The smallest absolute Gasteiger partial charge is 0.152 e. The van der Waals surface area contributed by atoms with Crippen LogP contribution in [-0.2, 0) is 4.79 Å². The van der Waals surface area contributed by atoms with E-state index in [1.165, 1.54) is 0 Å². The topological polar surface area (TPSA) is 55.1 Å². The zero-order valence-corrected chi connectivity index (χ0v) is 7.55. The van der Waals surface area contributed by atoms with E-state index in [1.807, 2.05) is 13.8 Å². The van der Waals surface area contributed by atoms with Crippen molar-refractivity contribution in [2.24, 2.45) is 11.7 Å². The Labute approximate surface area is 68.3 Å². The molecule has 0 aromatic heterocycles. The number of nitrogens with one attached hydrogen (secondary N) is 1. The first-order valence-electron chi connectivity index (χ1n) is 4.04. The molecule has 0 fully saturated rings. The van der Waals surface area contributed by atoms with E-state index in [4.69, 9.17) is 5.73 Å². The van der Waals surface area contributed by atoms with Crippen LogP contribution >= 0.6 is 0 Å². The number of hydrogen-bond donors (Lipinski definition) is 2. The molecule has 1 unspecified atom stereocenters. The molecule has 0 radical (unpaired) electrons. The maximum absolute atomic E-state index is 11.3. The number of nitrogens with two attached hydrogens (primary N) is 1. The molecule has 0 amide bonds. The lowest BCUT2D eigenvalue weighted by Gasteiger charge is -2.15. The molecule has 0 spiro atoms. The second kappa shape index (κ2) is 5.27. The van der Waals surface area contributed by atoms with Crippen LogP contribution in [0.1, 0.15) is 20.3 Å². The molecule has 0 aromatic carbocycles. The van der Waals surface area contributed by atoms with Crippen molar-refractivity contribution in [3.8, 4) is 0 Å². The number of likely N-dealkylation sites (N-methyl/N-ethyl adjacent to an activating group) is 1. The monoisotopic (exact) mass is 158 g/mol. The Hall–Kier alpha value is -0.410. The van der Waals surface area contributed by atoms with E-state index < -0.39 is 0 Å². The number of ketones is 1. The minimum Gasteiger partial charge on any atom is -0.330 e. The van der Waals surface area contributed by atoms with Crippen LogP contribution in [-0.4, -0.2) is 25.4 Å². The molecule has 0 bridgehead atoms. The summed E-state index contributed by atoms with van der Waals surface area (Å²) in [6.45, 7) is 4.37. The number of hydrogen-bond acceptors (Lipinski definition) is 3. The van der Waals surface area contributed by atoms with Gasteiger partial charge in [0.1, 0.15) is 0 Å². The Morgan fingerprint density at radius 2 is 2.09 bits per heavy atom. The molecule has 11 heavy (non-hydrogen) atoms. The van der Waals surface area contributed by atoms with Crippen molar-refractivity contribution in [3.05, 3.63) is 0 Å². The molecule has 66 valence electrons. The quantitative estimate of drug-likeness (QED) is 0.598. The molecule has 0 saturated carbocycles. The lowest BCUT2D eigenvalue weighted by molar-refractivity contribution is -0.123. The number of carbonyl (C=O) groups is 1. The van der Waals surface area contributed by atoms with Crippen LogP contribution in [0.25, 0.3) is 0 Å². The van der Waals surface area contributed by atoms with Crippen molar-refractivity contribution in [2.45, 2.75) is 26.3 Å². The highest BCUT2D eigenvalue weighted by molar-refractivity contribution is 5.85. The minimum atomic E-state index is -0.0556. The van der Waals surface area contributed by atoms with Crippen molar-refractivity contribution in [1.82, 2.24) is 5.32 Å². The number of rotatable bonds is 5. The predicted octanol–water partition coefficient (Wildman–Crippen LogP) is 0.148. The zero-order valence-electron chi connectivity index (χ0n) is 7.55. The normalized spacial score (nSPS) is 13.5. The Kier molecular flexibility index (Phi) is 5.07. The molecule has 0 rings (SSSR count). The Morgan fingerprint density at radius 3 is 2.36 bits per heavy atom. The van der Waals surface area contributed by atoms with Crippen LogP contribution in [0.2, 0.25) is 0 Å². The van der Waals surface area contributed by atoms with Crippen molar-refractivity contribution in [1.29, 1.82) is 0 Å². The SMILES string of the molecule is CNC(CCN)C(=O)C(C)C. The van der Waals surface area contributed by atoms with Gasteiger partial charge in [-0.15, -0.1) is 0 Å². The first-order chi connectivity index (χ1) is 5.13. The van der Waals surface area contributed by atoms with Crippen LogP contribution < -0.4 is 11.1 Å². The van der Waals surface area contributed by atoms with Crippen LogP contribution in [0.4, 0.5) is 0 Å². The third-order valence-corrected chi connectivity index (χ3v) is 1.72. The molecule has 0 aliphatic rings. The largest absolute Gasteiger partial charge is 0.330 e. The molecule has 1 atom stereocenters. The second-order valence-corrected chi connectivity index (χ2v) is 2.98. The van der Waals surface area contributed by atoms with E-state index in [0.717, 1.165) is 6.42 Å². The second-order valence-electron chi connectivity index (χ2n) is 2.98. The fourth-order valence-corrected chi connectivity index (χ4v) is 0.998. The fourth-order valence-electron chi connectivity index (χ4n) is 0.998. The van der Waals surface area contributed by atoms with Crippen molar-refractivity contribution in [3.63, 3.8) is 0 Å². The molecule has 3 nitrogen and oxygen atoms in total. The molecule has 0 aliphatic carbocycles. The van der Waals surface area contributed by atoms with Crippen LogP contribution in [0.15, 0.2) is 0 Å². The zero-order chi connectivity index (χ0) is 8.85. The maximum atomic E-state index is 11.3. The first-order valence-corrected chi connectivity index (χ1v) is 4.04. The van der Waals surface area contributed by atoms with Gasteiger partial charge in [-0.3, -0.25) is 4.79 Å². The van der Waals surface area contributed by atoms with Crippen molar-refractivity contribution in [2.75, 3.05) is 13.6 Å². The lowest BCUT2D eigenvalue weighted by Crippen LogP contribution is -2.38. The lowest BCUT2D eigenvalue weighted by atomic mass is 10.00. The maximum Gasteiger partial charge on any atom is 0.152 e. The van der Waals surface area contributed by atoms with Gasteiger partial charge in [0.2, 0.25) is 0 Å². The summed E-state index contributed by atoms with van der Waals surface area (Å²) in [5, 5.41) is 2.95. The fraction of sp³-hybridized carbons (Fsp3) is 0.875. The third-order valence-electron chi connectivity index (χ3n) is 1.72. The molecular weight excluding hydrogens is 140 g/mol. The molecule has 3 N–H and O–H groups in total. The molecule has 0 aromatic rings. The average Bonchev–Trinajstić information content (AvgIpc) is 1.98. The highest BCUT2D eigenvalue weighted by Gasteiger charge is 2.17. The van der Waals surface area contributed by atoms with E-state index in [1.54, 1.807) is 7.05 Å². The van der Waals surface area contributed by atoms with Gasteiger partial charge in [0, 0.05) is 5.92 Å². The van der Waals surface area contributed by atoms with Gasteiger partial charge in [0.25, 0.3) is 0 Å². The molecule has 0 heterocycles. The number of carbonyl (C=O) groups excluding carboxylic acids is 1. The summed E-state index contributed by atoms with van der Waals surface area (Å²) in [6, 6.07) is -0.0556. The summed E-state index contributed by atoms with van der Waals surface area (Å²) < 4.78 is 0. The molecular formula is C8H18N2O. The summed E-state index contributed by atoms with van der Waals surface area (Å²) in [5.74, 6) is 0.344. The van der Waals surface area contributed by atoms with Gasteiger partial charge in [-0.1, -0.05) is 13.8 Å². The Balaban J connectivity index is 3.92. The standard InChI is InChI=1S/C8H18N2O/c1-6(2)8(11)7(10-3)4-5-9/h6-7,10H,4-5,9H2,1-3H3. The highest BCUT2D eigenvalue weighted by Crippen LogP contribution is 2.01. The molecule has 3 heteroatoms. The summed E-state index contributed by atoms with van der Waals surface area (Å²) in [6.07, 6.45) is 0.730. The summed E-state index contributed by atoms with van der Waals surface area (Å²) in [4.78, 5) is 11.3. The highest BCUT2D eigenvalue weighted by atomic mass is 16.1. The van der Waals surface area contributed by atoms with Gasteiger partial charge in [-0.2, -0.15) is 0 Å². The summed E-state index contributed by atoms with van der Waals surface area (Å²) >= 11 is 0. The van der Waals surface area contributed by atoms with Gasteiger partial charge in [0.15, 0.2) is 5.78 Å². The van der Waals surface area contributed by atoms with E-state index in [2.05, 4.69) is 5.32 Å². The Bertz CT molecular complexity index is 123. The Morgan fingerprint density at radius 1 is 1.55 bits per heavy atom. The van der Waals surface area contributed by atoms with Gasteiger partial charge >= 0.3 is 0 Å². The van der Waals surface area contributed by atoms with Gasteiger partial charge in [-0.25, -0.2) is 0 Å². The third kappa shape index (κ3) is 3.49. The van der Waals surface area contributed by atoms with Gasteiger partial charge in [-0.05, 0) is 20.0 Å². The van der Waals surface area contributed by atoms with Gasteiger partial charge in [0.05, 0.1) is 6.04 Å². The molecule has 0 saturated heterocycles. The van der Waals surface area contributed by atoms with Gasteiger partial charge < -0.3 is 11.1 Å². The minimum absolute atomic E-state index is 0.0556. The summed E-state index contributed by atoms with van der Waals surface area (Å²) in [5.41, 5.74) is 5.35. The predicted molar refractivity (Wildman–Crippen MR) is 46.4 cm³/mol. The number of Topliss-reactive ketones (excluding diaryl/α,β-unsaturated/α-hetero) is 1. The summed E-state index contributed by atoms with van der Waals surface area (Å²) in [7, 11) is 1.79. The first kappa shape index (κ1) is 10.6. The van der Waals surface area contributed by atoms with Crippen LogP contribution in [0.3, 0.4) is 0 Å². The van der Waals surface area contributed by atoms with E-state index in [9.17, 15) is 4.79 Å².